The molecule has 1 aromatic rings. The molecule has 0 saturated heterocycles. The summed E-state index contributed by atoms with van der Waals surface area (Å²) in [6, 6.07) is 9.81. The number of hydrogen-bond donors (Lipinski definition) is 1. The molecule has 0 bridgehead atoms. The Morgan fingerprint density at radius 1 is 1.24 bits per heavy atom. The lowest BCUT2D eigenvalue weighted by atomic mass is 9.67. The van der Waals surface area contributed by atoms with E-state index in [1.807, 2.05) is 68.4 Å². The van der Waals surface area contributed by atoms with E-state index >= 15 is 0 Å². The van der Waals surface area contributed by atoms with E-state index in [4.69, 9.17) is 0 Å². The lowest BCUT2D eigenvalue weighted by Crippen LogP contribution is -2.59. The molecule has 2 unspecified atom stereocenters. The highest BCUT2D eigenvalue weighted by atomic mass is 16.3. The first-order valence-corrected chi connectivity index (χ1v) is 7.26. The summed E-state index contributed by atoms with van der Waals surface area (Å²) in [4.78, 5) is 14.2. The first-order valence-electron chi connectivity index (χ1n) is 7.26. The van der Waals surface area contributed by atoms with Gasteiger partial charge in [0.15, 0.2) is 5.78 Å². The topological polar surface area (TPSA) is 40.5 Å². The number of rotatable bonds is 4. The molecule has 2 rings (SSSR count). The van der Waals surface area contributed by atoms with Gasteiger partial charge in [-0.25, -0.2) is 0 Å². The molecule has 0 fully saturated rings. The summed E-state index contributed by atoms with van der Waals surface area (Å²) in [5.41, 5.74) is -0.626. The van der Waals surface area contributed by atoms with Crippen molar-refractivity contribution in [1.29, 1.82) is 0 Å². The van der Waals surface area contributed by atoms with Gasteiger partial charge in [-0.05, 0) is 26.6 Å². The molecular weight excluding hydrogens is 262 g/mol. The van der Waals surface area contributed by atoms with Gasteiger partial charge < -0.3 is 5.11 Å². The fourth-order valence-corrected chi connectivity index (χ4v) is 3.28. The van der Waals surface area contributed by atoms with Crippen molar-refractivity contribution in [2.75, 3.05) is 14.1 Å². The average molecular weight is 285 g/mol. The summed E-state index contributed by atoms with van der Waals surface area (Å²) >= 11 is 0. The van der Waals surface area contributed by atoms with Gasteiger partial charge in [0.05, 0.1) is 5.54 Å². The van der Waals surface area contributed by atoms with Crippen molar-refractivity contribution in [3.05, 3.63) is 59.7 Å². The zero-order valence-corrected chi connectivity index (χ0v) is 13.1. The number of likely N-dealkylation sites (N-methyl/N-ethyl adjacent to an activating group) is 1. The van der Waals surface area contributed by atoms with E-state index < -0.39 is 11.1 Å². The van der Waals surface area contributed by atoms with E-state index in [2.05, 4.69) is 0 Å². The number of hydrogen-bond acceptors (Lipinski definition) is 3. The van der Waals surface area contributed by atoms with E-state index in [9.17, 15) is 9.90 Å². The number of carbonyl (C=O) groups is 1. The lowest BCUT2D eigenvalue weighted by Gasteiger charge is -2.50. The molecule has 0 amide bonds. The quantitative estimate of drug-likeness (QED) is 0.924. The Kier molecular flexibility index (Phi) is 4.17. The first-order chi connectivity index (χ1) is 9.88. The van der Waals surface area contributed by atoms with Crippen molar-refractivity contribution in [3.8, 4) is 0 Å². The molecular formula is C18H23NO2. The van der Waals surface area contributed by atoms with Crippen molar-refractivity contribution >= 4 is 5.78 Å². The fraction of sp³-hybridized carbons (Fsp3) is 0.389. The zero-order chi connectivity index (χ0) is 15.7. The Morgan fingerprint density at radius 2 is 1.86 bits per heavy atom. The third-order valence-electron chi connectivity index (χ3n) is 4.41. The maximum atomic E-state index is 12.2. The number of carbonyl (C=O) groups excluding carboxylic acids is 1. The fourth-order valence-electron chi connectivity index (χ4n) is 3.28. The minimum atomic E-state index is -1.29. The van der Waals surface area contributed by atoms with Gasteiger partial charge in [-0.15, -0.1) is 0 Å². The highest BCUT2D eigenvalue weighted by molar-refractivity contribution is 5.98. The van der Waals surface area contributed by atoms with Crippen LogP contribution >= 0.6 is 0 Å². The van der Waals surface area contributed by atoms with E-state index in [1.165, 1.54) is 0 Å². The first kappa shape index (κ1) is 15.7. The van der Waals surface area contributed by atoms with Crippen LogP contribution in [0.1, 0.15) is 25.8 Å². The van der Waals surface area contributed by atoms with Gasteiger partial charge in [-0.2, -0.15) is 0 Å². The third-order valence-corrected chi connectivity index (χ3v) is 4.41. The minimum absolute atomic E-state index is 0.0218. The Hall–Kier alpha value is -1.71. The van der Waals surface area contributed by atoms with Crippen LogP contribution in [0.2, 0.25) is 0 Å². The highest BCUT2D eigenvalue weighted by Crippen LogP contribution is 2.45. The lowest BCUT2D eigenvalue weighted by molar-refractivity contribution is -0.120. The monoisotopic (exact) mass is 285 g/mol. The highest BCUT2D eigenvalue weighted by Gasteiger charge is 2.53. The maximum absolute atomic E-state index is 12.2. The van der Waals surface area contributed by atoms with Crippen molar-refractivity contribution in [1.82, 2.24) is 4.90 Å². The van der Waals surface area contributed by atoms with Gasteiger partial charge in [-0.1, -0.05) is 55.5 Å². The molecule has 0 radical (unpaired) electrons. The second-order valence-corrected chi connectivity index (χ2v) is 5.82. The molecule has 0 aliphatic heterocycles. The second kappa shape index (κ2) is 5.58. The van der Waals surface area contributed by atoms with E-state index in [1.54, 1.807) is 13.0 Å². The number of ketones is 1. The molecule has 3 heteroatoms. The summed E-state index contributed by atoms with van der Waals surface area (Å²) in [6.45, 7) is 3.54. The predicted octanol–water partition coefficient (Wildman–Crippen LogP) is 2.67. The summed E-state index contributed by atoms with van der Waals surface area (Å²) in [6.07, 6.45) is 5.95. The Balaban J connectivity index is 2.66. The Morgan fingerprint density at radius 3 is 2.38 bits per heavy atom. The summed E-state index contributed by atoms with van der Waals surface area (Å²) in [5.74, 6) is -0.0218. The van der Waals surface area contributed by atoms with Crippen LogP contribution in [0.25, 0.3) is 0 Å². The molecule has 0 aromatic heterocycles. The van der Waals surface area contributed by atoms with Gasteiger partial charge in [0.25, 0.3) is 0 Å². The van der Waals surface area contributed by atoms with Crippen LogP contribution in [-0.4, -0.2) is 35.5 Å². The van der Waals surface area contributed by atoms with Crippen LogP contribution < -0.4 is 0 Å². The van der Waals surface area contributed by atoms with Gasteiger partial charge in [0.1, 0.15) is 5.60 Å². The van der Waals surface area contributed by atoms with E-state index in [0.717, 1.165) is 5.56 Å². The molecule has 1 aromatic carbocycles. The molecule has 1 aliphatic rings. The zero-order valence-electron chi connectivity index (χ0n) is 13.1. The predicted molar refractivity (Wildman–Crippen MR) is 85.0 cm³/mol. The molecule has 1 N–H and O–H groups in total. The molecule has 2 atom stereocenters. The van der Waals surface area contributed by atoms with Crippen LogP contribution in [0, 0.1) is 0 Å². The molecule has 0 spiro atoms. The smallest absolute Gasteiger partial charge is 0.161 e. The molecule has 0 heterocycles. The van der Waals surface area contributed by atoms with Gasteiger partial charge in [0, 0.05) is 12.0 Å². The Labute approximate surface area is 126 Å². The maximum Gasteiger partial charge on any atom is 0.161 e. The largest absolute Gasteiger partial charge is 0.383 e. The number of allylic oxidation sites excluding steroid dienone is 2. The average Bonchev–Trinajstić information content (AvgIpc) is 2.46. The van der Waals surface area contributed by atoms with Crippen molar-refractivity contribution < 1.29 is 9.90 Å². The standard InChI is InChI=1S/C18H23NO2/c1-5-16(20)15-12-9-13-18(19(3)4,17(15,2)21)14-10-7-6-8-11-14/h6-13,21H,5H2,1-4H3. The molecule has 3 nitrogen and oxygen atoms in total. The molecule has 0 saturated carbocycles. The van der Waals surface area contributed by atoms with E-state index in [-0.39, 0.29) is 5.78 Å². The number of Topliss-reactive ketones (excluding diaryl/α,β-unsaturated/α-hetero) is 1. The summed E-state index contributed by atoms with van der Waals surface area (Å²) in [7, 11) is 3.84. The van der Waals surface area contributed by atoms with Gasteiger partial charge in [-0.3, -0.25) is 9.69 Å². The van der Waals surface area contributed by atoms with Crippen LogP contribution in [0.15, 0.2) is 54.1 Å². The van der Waals surface area contributed by atoms with Crippen molar-refractivity contribution in [2.24, 2.45) is 0 Å². The van der Waals surface area contributed by atoms with Gasteiger partial charge >= 0.3 is 0 Å². The van der Waals surface area contributed by atoms with Crippen molar-refractivity contribution in [2.45, 2.75) is 31.4 Å². The summed E-state index contributed by atoms with van der Waals surface area (Å²) < 4.78 is 0. The molecule has 1 aliphatic carbocycles. The SMILES string of the molecule is CCC(=O)C1=CC=CC(c2ccccc2)(N(C)C)C1(C)O. The Bertz CT molecular complexity index is 584. The van der Waals surface area contributed by atoms with E-state index in [0.29, 0.717) is 12.0 Å². The van der Waals surface area contributed by atoms with Crippen LogP contribution in [0.5, 0.6) is 0 Å². The van der Waals surface area contributed by atoms with Crippen LogP contribution in [-0.2, 0) is 10.3 Å². The van der Waals surface area contributed by atoms with Gasteiger partial charge in [0.2, 0.25) is 0 Å². The van der Waals surface area contributed by atoms with Crippen molar-refractivity contribution in [3.63, 3.8) is 0 Å². The molecule has 21 heavy (non-hydrogen) atoms. The van der Waals surface area contributed by atoms with Crippen LogP contribution in [0.4, 0.5) is 0 Å². The minimum Gasteiger partial charge on any atom is -0.383 e. The normalized spacial score (nSPS) is 28.6. The number of aliphatic hydroxyl groups is 1. The second-order valence-electron chi connectivity index (χ2n) is 5.82. The summed E-state index contributed by atoms with van der Waals surface area (Å²) in [5, 5.41) is 11.3. The van der Waals surface area contributed by atoms with Crippen LogP contribution in [0.3, 0.4) is 0 Å². The number of nitrogens with zero attached hydrogens (tertiary/aromatic N) is 1. The number of benzene rings is 1. The molecule has 112 valence electrons. The third kappa shape index (κ3) is 2.27.